The van der Waals surface area contributed by atoms with E-state index in [1.165, 1.54) is 6.92 Å². The van der Waals surface area contributed by atoms with Gasteiger partial charge in [-0.3, -0.25) is 9.59 Å². The van der Waals surface area contributed by atoms with Gasteiger partial charge in [-0.05, 0) is 6.92 Å². The Hall–Kier alpha value is -1.10. The third kappa shape index (κ3) is 5.67. The van der Waals surface area contributed by atoms with Crippen LogP contribution < -0.4 is 16.4 Å². The van der Waals surface area contributed by atoms with Crippen LogP contribution in [-0.4, -0.2) is 30.9 Å². The summed E-state index contributed by atoms with van der Waals surface area (Å²) in [6, 6.07) is -0.0498. The van der Waals surface area contributed by atoms with Gasteiger partial charge < -0.3 is 16.4 Å². The molecule has 0 heterocycles. The maximum absolute atomic E-state index is 10.9. The van der Waals surface area contributed by atoms with Crippen molar-refractivity contribution in [3.05, 3.63) is 0 Å². The first kappa shape index (κ1) is 10.9. The van der Waals surface area contributed by atoms with Crippen LogP contribution >= 0.6 is 0 Å². The molecule has 4 N–H and O–H groups in total. The van der Waals surface area contributed by atoms with Crippen LogP contribution in [0.3, 0.4) is 0 Å². The summed E-state index contributed by atoms with van der Waals surface area (Å²) in [5, 5.41) is 4.99. The molecule has 70 valence electrons. The average molecular weight is 173 g/mol. The first-order valence-corrected chi connectivity index (χ1v) is 3.80. The zero-order valence-corrected chi connectivity index (χ0v) is 7.39. The summed E-state index contributed by atoms with van der Waals surface area (Å²) < 4.78 is 0. The molecule has 12 heavy (non-hydrogen) atoms. The Kier molecular flexibility index (Phi) is 5.03. The van der Waals surface area contributed by atoms with Crippen LogP contribution in [0.4, 0.5) is 0 Å². The molecule has 0 aliphatic rings. The Balaban J connectivity index is 3.53. The maximum Gasteiger partial charge on any atom is 0.239 e. The fourth-order valence-corrected chi connectivity index (χ4v) is 0.590. The van der Waals surface area contributed by atoms with Crippen LogP contribution in [0.25, 0.3) is 0 Å². The number of amides is 2. The second-order valence-electron chi connectivity index (χ2n) is 2.61. The number of rotatable bonds is 4. The molecular weight excluding hydrogens is 158 g/mol. The first-order valence-electron chi connectivity index (χ1n) is 3.80. The molecule has 0 saturated heterocycles. The van der Waals surface area contributed by atoms with Gasteiger partial charge in [-0.2, -0.15) is 0 Å². The standard InChI is InChI=1S/C7H15N3O2/c1-5(3-8)10-7(12)4-9-6(2)11/h5H,3-4,8H2,1-2H3,(H,9,11)(H,10,12). The van der Waals surface area contributed by atoms with Crippen LogP contribution in [-0.2, 0) is 9.59 Å². The maximum atomic E-state index is 10.9. The Morgan fingerprint density at radius 3 is 2.50 bits per heavy atom. The van der Waals surface area contributed by atoms with E-state index in [4.69, 9.17) is 5.73 Å². The molecule has 1 unspecified atom stereocenters. The van der Waals surface area contributed by atoms with Crippen LogP contribution in [0.5, 0.6) is 0 Å². The minimum absolute atomic E-state index is 0.0136. The number of nitrogens with two attached hydrogens (primary N) is 1. The summed E-state index contributed by atoms with van der Waals surface area (Å²) in [4.78, 5) is 21.3. The molecule has 5 heteroatoms. The third-order valence-electron chi connectivity index (χ3n) is 1.26. The van der Waals surface area contributed by atoms with Gasteiger partial charge in [-0.25, -0.2) is 0 Å². The third-order valence-corrected chi connectivity index (χ3v) is 1.26. The van der Waals surface area contributed by atoms with Crippen molar-refractivity contribution in [3.63, 3.8) is 0 Å². The molecule has 0 radical (unpaired) electrons. The molecule has 0 aliphatic carbocycles. The number of hydrogen-bond donors (Lipinski definition) is 3. The Morgan fingerprint density at radius 1 is 1.50 bits per heavy atom. The molecule has 0 aliphatic heterocycles. The Bertz CT molecular complexity index is 170. The van der Waals surface area contributed by atoms with Crippen LogP contribution in [0.2, 0.25) is 0 Å². The van der Waals surface area contributed by atoms with E-state index in [9.17, 15) is 9.59 Å². The molecule has 0 bridgehead atoms. The molecule has 0 spiro atoms. The predicted molar refractivity (Wildman–Crippen MR) is 45.3 cm³/mol. The Labute approximate surface area is 71.7 Å². The van der Waals surface area contributed by atoms with Gasteiger partial charge in [0, 0.05) is 19.5 Å². The highest BCUT2D eigenvalue weighted by molar-refractivity contribution is 5.83. The molecule has 0 aromatic carbocycles. The lowest BCUT2D eigenvalue weighted by molar-refractivity contribution is -0.125. The van der Waals surface area contributed by atoms with Crippen molar-refractivity contribution >= 4 is 11.8 Å². The van der Waals surface area contributed by atoms with Gasteiger partial charge in [0.05, 0.1) is 6.54 Å². The molecule has 2 amide bonds. The predicted octanol–water partition coefficient (Wildman–Crippen LogP) is -1.41. The number of carbonyl (C=O) groups is 2. The quantitative estimate of drug-likeness (QED) is 0.488. The lowest BCUT2D eigenvalue weighted by atomic mass is 10.3. The van der Waals surface area contributed by atoms with Gasteiger partial charge in [-0.15, -0.1) is 0 Å². The largest absolute Gasteiger partial charge is 0.351 e. The first-order chi connectivity index (χ1) is 5.56. The van der Waals surface area contributed by atoms with E-state index in [1.54, 1.807) is 6.92 Å². The van der Waals surface area contributed by atoms with Gasteiger partial charge in [0.2, 0.25) is 11.8 Å². The lowest BCUT2D eigenvalue weighted by Crippen LogP contribution is -2.43. The van der Waals surface area contributed by atoms with Crippen molar-refractivity contribution in [2.45, 2.75) is 19.9 Å². The van der Waals surface area contributed by atoms with E-state index in [1.807, 2.05) is 0 Å². The van der Waals surface area contributed by atoms with E-state index in [0.29, 0.717) is 6.54 Å². The second-order valence-corrected chi connectivity index (χ2v) is 2.61. The molecule has 0 aromatic heterocycles. The van der Waals surface area contributed by atoms with Gasteiger partial charge in [0.1, 0.15) is 0 Å². The SMILES string of the molecule is CC(=O)NCC(=O)NC(C)CN. The van der Waals surface area contributed by atoms with Crippen molar-refractivity contribution in [3.8, 4) is 0 Å². The van der Waals surface area contributed by atoms with Crippen LogP contribution in [0, 0.1) is 0 Å². The summed E-state index contributed by atoms with van der Waals surface area (Å²) in [6.07, 6.45) is 0. The molecule has 5 nitrogen and oxygen atoms in total. The zero-order valence-electron chi connectivity index (χ0n) is 7.39. The van der Waals surface area contributed by atoms with E-state index >= 15 is 0 Å². The molecular formula is C7H15N3O2. The average Bonchev–Trinajstić information content (AvgIpc) is 2.00. The minimum Gasteiger partial charge on any atom is -0.351 e. The molecule has 0 saturated carbocycles. The molecule has 0 fully saturated rings. The fourth-order valence-electron chi connectivity index (χ4n) is 0.590. The van der Waals surface area contributed by atoms with Crippen molar-refractivity contribution in [2.24, 2.45) is 5.73 Å². The molecule has 0 rings (SSSR count). The highest BCUT2D eigenvalue weighted by Gasteiger charge is 2.04. The van der Waals surface area contributed by atoms with Crippen molar-refractivity contribution in [1.29, 1.82) is 0 Å². The van der Waals surface area contributed by atoms with Crippen molar-refractivity contribution in [2.75, 3.05) is 13.1 Å². The minimum atomic E-state index is -0.219. The summed E-state index contributed by atoms with van der Waals surface area (Å²) in [6.45, 7) is 3.57. The smallest absolute Gasteiger partial charge is 0.239 e. The van der Waals surface area contributed by atoms with E-state index in [0.717, 1.165) is 0 Å². The highest BCUT2D eigenvalue weighted by atomic mass is 16.2. The van der Waals surface area contributed by atoms with Gasteiger partial charge >= 0.3 is 0 Å². The van der Waals surface area contributed by atoms with E-state index in [-0.39, 0.29) is 24.4 Å². The second kappa shape index (κ2) is 5.54. The summed E-state index contributed by atoms with van der Waals surface area (Å²) in [7, 11) is 0. The molecule has 0 aromatic rings. The summed E-state index contributed by atoms with van der Waals surface area (Å²) >= 11 is 0. The number of nitrogens with one attached hydrogen (secondary N) is 2. The number of carbonyl (C=O) groups excluding carboxylic acids is 2. The van der Waals surface area contributed by atoms with E-state index < -0.39 is 0 Å². The number of hydrogen-bond acceptors (Lipinski definition) is 3. The fraction of sp³-hybridized carbons (Fsp3) is 0.714. The van der Waals surface area contributed by atoms with Crippen LogP contribution in [0.15, 0.2) is 0 Å². The van der Waals surface area contributed by atoms with Gasteiger partial charge in [-0.1, -0.05) is 0 Å². The van der Waals surface area contributed by atoms with E-state index in [2.05, 4.69) is 10.6 Å². The van der Waals surface area contributed by atoms with Crippen LogP contribution in [0.1, 0.15) is 13.8 Å². The van der Waals surface area contributed by atoms with Gasteiger partial charge in [0.25, 0.3) is 0 Å². The van der Waals surface area contributed by atoms with Crippen molar-refractivity contribution < 1.29 is 9.59 Å². The van der Waals surface area contributed by atoms with Gasteiger partial charge in [0.15, 0.2) is 0 Å². The summed E-state index contributed by atoms with van der Waals surface area (Å²) in [5.74, 6) is -0.436. The Morgan fingerprint density at radius 2 is 2.08 bits per heavy atom. The topological polar surface area (TPSA) is 84.2 Å². The lowest BCUT2D eigenvalue weighted by Gasteiger charge is -2.10. The molecule has 1 atom stereocenters. The monoisotopic (exact) mass is 173 g/mol. The highest BCUT2D eigenvalue weighted by Crippen LogP contribution is 1.75. The normalized spacial score (nSPS) is 11.9. The van der Waals surface area contributed by atoms with Crippen molar-refractivity contribution in [1.82, 2.24) is 10.6 Å². The summed E-state index contributed by atoms with van der Waals surface area (Å²) in [5.41, 5.74) is 5.27. The zero-order chi connectivity index (χ0) is 9.56.